The SMILES string of the molecule is CCC1CN(C(=O)c2ccc3c(C)c(-c4cc5ccc(N6CCC[C@@H](O)C6)nc5n4CC4CC4)nn3c2)C(C)[C@@H]1N. The molecule has 3 N–H and O–H groups in total. The zero-order chi connectivity index (χ0) is 28.4. The number of amides is 1. The van der Waals surface area contributed by atoms with Crippen molar-refractivity contribution in [2.45, 2.75) is 77.6 Å². The van der Waals surface area contributed by atoms with Gasteiger partial charge < -0.3 is 25.2 Å². The number of nitrogens with zero attached hydrogens (tertiary/aromatic N) is 6. The first-order valence-corrected chi connectivity index (χ1v) is 15.3. The molecule has 3 aliphatic rings. The Kier molecular flexibility index (Phi) is 6.54. The number of aromatic nitrogens is 4. The summed E-state index contributed by atoms with van der Waals surface area (Å²) < 4.78 is 4.21. The van der Waals surface area contributed by atoms with Crippen molar-refractivity contribution >= 4 is 28.3 Å². The molecule has 3 fully saturated rings. The minimum absolute atomic E-state index is 0.00808. The van der Waals surface area contributed by atoms with E-state index >= 15 is 0 Å². The van der Waals surface area contributed by atoms with Gasteiger partial charge in [-0.25, -0.2) is 9.50 Å². The van der Waals surface area contributed by atoms with E-state index in [1.807, 2.05) is 27.7 Å². The molecule has 4 atom stereocenters. The number of nitrogens with two attached hydrogens (primary N) is 1. The molecular weight excluding hydrogens is 514 g/mol. The van der Waals surface area contributed by atoms with Gasteiger partial charge in [0.25, 0.3) is 5.91 Å². The van der Waals surface area contributed by atoms with E-state index in [0.717, 1.165) is 71.7 Å². The third-order valence-electron chi connectivity index (χ3n) is 9.76. The monoisotopic (exact) mass is 555 g/mol. The van der Waals surface area contributed by atoms with Crippen molar-refractivity contribution in [2.75, 3.05) is 24.5 Å². The summed E-state index contributed by atoms with van der Waals surface area (Å²) in [7, 11) is 0. The highest BCUT2D eigenvalue weighted by molar-refractivity contribution is 5.95. The first-order valence-electron chi connectivity index (χ1n) is 15.3. The summed E-state index contributed by atoms with van der Waals surface area (Å²) in [5.41, 5.74) is 12.1. The van der Waals surface area contributed by atoms with Crippen LogP contribution in [0.2, 0.25) is 0 Å². The van der Waals surface area contributed by atoms with Crippen LogP contribution in [0.5, 0.6) is 0 Å². The summed E-state index contributed by atoms with van der Waals surface area (Å²) in [6.45, 7) is 9.47. The second-order valence-electron chi connectivity index (χ2n) is 12.6. The van der Waals surface area contributed by atoms with Crippen molar-refractivity contribution in [1.82, 2.24) is 24.1 Å². The first-order chi connectivity index (χ1) is 19.8. The number of pyridine rings is 2. The number of likely N-dealkylation sites (tertiary alicyclic amines) is 1. The van der Waals surface area contributed by atoms with Gasteiger partial charge in [-0.05, 0) is 81.7 Å². The van der Waals surface area contributed by atoms with Crippen molar-refractivity contribution < 1.29 is 9.90 Å². The van der Waals surface area contributed by atoms with E-state index in [1.165, 1.54) is 12.8 Å². The van der Waals surface area contributed by atoms with Gasteiger partial charge in [0.2, 0.25) is 0 Å². The van der Waals surface area contributed by atoms with Crippen LogP contribution < -0.4 is 10.6 Å². The predicted molar refractivity (Wildman–Crippen MR) is 161 cm³/mol. The highest BCUT2D eigenvalue weighted by Gasteiger charge is 2.38. The van der Waals surface area contributed by atoms with Crippen LogP contribution in [0.15, 0.2) is 36.5 Å². The Labute approximate surface area is 240 Å². The Hall–Kier alpha value is -3.43. The van der Waals surface area contributed by atoms with E-state index in [9.17, 15) is 9.90 Å². The summed E-state index contributed by atoms with van der Waals surface area (Å²) in [5.74, 6) is 1.93. The summed E-state index contributed by atoms with van der Waals surface area (Å²) in [5, 5.41) is 16.4. The normalized spacial score (nSPS) is 25.1. The largest absolute Gasteiger partial charge is 0.391 e. The molecular formula is C32H41N7O2. The second kappa shape index (κ2) is 10.1. The maximum Gasteiger partial charge on any atom is 0.255 e. The zero-order valence-corrected chi connectivity index (χ0v) is 24.3. The highest BCUT2D eigenvalue weighted by Crippen LogP contribution is 2.37. The van der Waals surface area contributed by atoms with Crippen molar-refractivity contribution in [2.24, 2.45) is 17.6 Å². The van der Waals surface area contributed by atoms with Gasteiger partial charge >= 0.3 is 0 Å². The third-order valence-corrected chi connectivity index (χ3v) is 9.76. The molecule has 0 aromatic carbocycles. The molecule has 1 amide bonds. The zero-order valence-electron chi connectivity index (χ0n) is 24.3. The van der Waals surface area contributed by atoms with Crippen molar-refractivity contribution in [3.63, 3.8) is 0 Å². The van der Waals surface area contributed by atoms with Gasteiger partial charge in [0, 0.05) is 55.4 Å². The topological polar surface area (TPSA) is 105 Å². The van der Waals surface area contributed by atoms with E-state index in [2.05, 4.69) is 48.4 Å². The number of hydrogen-bond acceptors (Lipinski definition) is 6. The molecule has 1 aliphatic carbocycles. The van der Waals surface area contributed by atoms with E-state index in [0.29, 0.717) is 30.5 Å². The van der Waals surface area contributed by atoms with Crippen LogP contribution in [-0.4, -0.2) is 72.9 Å². The van der Waals surface area contributed by atoms with Crippen LogP contribution >= 0.6 is 0 Å². The maximum atomic E-state index is 13.5. The van der Waals surface area contributed by atoms with Crippen LogP contribution in [0.3, 0.4) is 0 Å². The lowest BCUT2D eigenvalue weighted by Gasteiger charge is -2.31. The van der Waals surface area contributed by atoms with E-state index in [1.54, 1.807) is 0 Å². The second-order valence-corrected chi connectivity index (χ2v) is 12.6. The molecule has 9 nitrogen and oxygen atoms in total. The first kappa shape index (κ1) is 26.5. The van der Waals surface area contributed by atoms with Crippen LogP contribution in [0.4, 0.5) is 5.82 Å². The predicted octanol–water partition coefficient (Wildman–Crippen LogP) is 4.23. The number of aryl methyl sites for hydroxylation is 1. The molecule has 2 aliphatic heterocycles. The number of carbonyl (C=O) groups is 1. The lowest BCUT2D eigenvalue weighted by atomic mass is 9.98. The van der Waals surface area contributed by atoms with E-state index in [-0.39, 0.29) is 24.1 Å². The Morgan fingerprint density at radius 2 is 1.98 bits per heavy atom. The van der Waals surface area contributed by atoms with Gasteiger partial charge in [0.15, 0.2) is 0 Å². The lowest BCUT2D eigenvalue weighted by Crippen LogP contribution is -2.41. The van der Waals surface area contributed by atoms with E-state index in [4.69, 9.17) is 15.8 Å². The molecule has 0 bridgehead atoms. The summed E-state index contributed by atoms with van der Waals surface area (Å²) >= 11 is 0. The number of rotatable bonds is 6. The number of β-amino-alcohol motifs (C(OH)–C–C–N with tert-alkyl or cyclic N) is 1. The number of fused-ring (bicyclic) bond motifs is 2. The number of anilines is 1. The van der Waals surface area contributed by atoms with Gasteiger partial charge in [-0.1, -0.05) is 13.3 Å². The van der Waals surface area contributed by atoms with Crippen molar-refractivity contribution in [1.29, 1.82) is 0 Å². The molecule has 7 rings (SSSR count). The highest BCUT2D eigenvalue weighted by atomic mass is 16.3. The quantitative estimate of drug-likeness (QED) is 0.369. The van der Waals surface area contributed by atoms with Crippen molar-refractivity contribution in [3.05, 3.63) is 47.7 Å². The fraction of sp³-hybridized carbons (Fsp3) is 0.531. The number of aliphatic hydroxyl groups excluding tert-OH is 1. The number of piperidine rings is 1. The Morgan fingerprint density at radius 3 is 2.71 bits per heavy atom. The van der Waals surface area contributed by atoms with E-state index < -0.39 is 0 Å². The number of hydrogen-bond donors (Lipinski definition) is 2. The molecule has 0 spiro atoms. The maximum absolute atomic E-state index is 13.5. The molecule has 41 heavy (non-hydrogen) atoms. The molecule has 4 aromatic rings. The van der Waals surface area contributed by atoms with Crippen LogP contribution in [0, 0.1) is 18.8 Å². The minimum Gasteiger partial charge on any atom is -0.391 e. The summed E-state index contributed by atoms with van der Waals surface area (Å²) in [6, 6.07) is 10.4. The molecule has 9 heteroatoms. The van der Waals surface area contributed by atoms with Crippen LogP contribution in [-0.2, 0) is 6.54 Å². The minimum atomic E-state index is -0.300. The lowest BCUT2D eigenvalue weighted by molar-refractivity contribution is 0.0738. The molecule has 0 radical (unpaired) electrons. The molecule has 2 unspecified atom stereocenters. The summed E-state index contributed by atoms with van der Waals surface area (Å²) in [6.07, 6.45) is 6.85. The Morgan fingerprint density at radius 1 is 1.15 bits per heavy atom. The Bertz CT molecular complexity index is 1620. The van der Waals surface area contributed by atoms with Gasteiger partial charge in [-0.3, -0.25) is 4.79 Å². The number of aliphatic hydroxyl groups is 1. The summed E-state index contributed by atoms with van der Waals surface area (Å²) in [4.78, 5) is 22.8. The van der Waals surface area contributed by atoms with Gasteiger partial charge in [-0.15, -0.1) is 0 Å². The molecule has 216 valence electrons. The molecule has 4 aromatic heterocycles. The Balaban J connectivity index is 1.26. The smallest absolute Gasteiger partial charge is 0.255 e. The standard InChI is InChI=1S/C32H41N7O2/c1-4-22-16-37(20(3)29(22)33)32(41)24-9-11-26-19(2)30(35-39(26)17-24)27-14-23-10-12-28(36-13-5-6-25(40)18-36)34-31(23)38(27)15-21-7-8-21/h9-12,14,17,20-22,25,29,40H,4-8,13,15-16,18,33H2,1-3H3/t20?,22?,25-,29+/m1/s1. The van der Waals surface area contributed by atoms with Gasteiger partial charge in [-0.2, -0.15) is 5.10 Å². The molecule has 1 saturated carbocycles. The van der Waals surface area contributed by atoms with Gasteiger partial charge in [0.05, 0.1) is 22.9 Å². The van der Waals surface area contributed by atoms with Crippen LogP contribution in [0.25, 0.3) is 27.9 Å². The average molecular weight is 556 g/mol. The number of carbonyl (C=O) groups excluding carboxylic acids is 1. The van der Waals surface area contributed by atoms with Gasteiger partial charge in [0.1, 0.15) is 17.2 Å². The fourth-order valence-electron chi connectivity index (χ4n) is 6.92. The fourth-order valence-corrected chi connectivity index (χ4v) is 6.92. The molecule has 6 heterocycles. The van der Waals surface area contributed by atoms with Crippen molar-refractivity contribution in [3.8, 4) is 11.4 Å². The third kappa shape index (κ3) is 4.59. The average Bonchev–Trinajstić information content (AvgIpc) is 3.56. The van der Waals surface area contributed by atoms with Crippen LogP contribution in [0.1, 0.15) is 61.9 Å². The molecule has 2 saturated heterocycles.